The molecule has 0 spiro atoms. The van der Waals surface area contributed by atoms with Gasteiger partial charge in [-0.1, -0.05) is 20.8 Å². The molecule has 0 fully saturated rings. The van der Waals surface area contributed by atoms with Gasteiger partial charge >= 0.3 is 0 Å². The van der Waals surface area contributed by atoms with Crippen molar-refractivity contribution in [3.63, 3.8) is 0 Å². The lowest BCUT2D eigenvalue weighted by atomic mass is 10.1. The molecule has 2 heterocycles. The maximum absolute atomic E-state index is 3.57. The zero-order valence-electron chi connectivity index (χ0n) is 11.2. The summed E-state index contributed by atoms with van der Waals surface area (Å²) in [7, 11) is 0. The van der Waals surface area contributed by atoms with Crippen LogP contribution in [-0.4, -0.2) is 30.1 Å². The molecular weight excluding hydrogens is 228 g/mol. The van der Waals surface area contributed by atoms with Crippen LogP contribution in [-0.2, 0) is 13.0 Å². The number of nitrogens with one attached hydrogen (secondary N) is 1. The van der Waals surface area contributed by atoms with Gasteiger partial charge in [0.05, 0.1) is 0 Å². The predicted molar refractivity (Wildman–Crippen MR) is 75.7 cm³/mol. The lowest BCUT2D eigenvalue weighted by molar-refractivity contribution is 0.169. The minimum Gasteiger partial charge on any atom is -0.313 e. The van der Waals surface area contributed by atoms with E-state index in [9.17, 15) is 0 Å². The first-order valence-corrected chi connectivity index (χ1v) is 7.61. The summed E-state index contributed by atoms with van der Waals surface area (Å²) in [6, 6.07) is 3.57. The molecule has 1 aromatic rings. The van der Waals surface area contributed by atoms with Crippen LogP contribution in [0.25, 0.3) is 0 Å². The van der Waals surface area contributed by atoms with Gasteiger partial charge in [-0.2, -0.15) is 0 Å². The summed E-state index contributed by atoms with van der Waals surface area (Å²) < 4.78 is 0. The molecule has 0 saturated carbocycles. The molecule has 2 nitrogen and oxygen atoms in total. The van der Waals surface area contributed by atoms with E-state index < -0.39 is 0 Å². The fraction of sp³-hybridized carbons (Fsp3) is 0.714. The highest BCUT2D eigenvalue weighted by molar-refractivity contribution is 7.10. The third-order valence-corrected chi connectivity index (χ3v) is 4.61. The Morgan fingerprint density at radius 1 is 1.47 bits per heavy atom. The SMILES string of the molecule is CCC(CNC(C)C)N1CCc2sccc2C1. The van der Waals surface area contributed by atoms with Gasteiger partial charge in [-0.05, 0) is 29.9 Å². The van der Waals surface area contributed by atoms with Crippen LogP contribution in [0.1, 0.15) is 37.6 Å². The number of fused-ring (bicyclic) bond motifs is 1. The summed E-state index contributed by atoms with van der Waals surface area (Å²) in [6.07, 6.45) is 2.48. The molecule has 1 aliphatic rings. The van der Waals surface area contributed by atoms with Crippen LogP contribution in [0.5, 0.6) is 0 Å². The highest BCUT2D eigenvalue weighted by atomic mass is 32.1. The predicted octanol–water partition coefficient (Wildman–Crippen LogP) is 2.88. The fourth-order valence-electron chi connectivity index (χ4n) is 2.49. The van der Waals surface area contributed by atoms with Gasteiger partial charge in [0.25, 0.3) is 0 Å². The molecule has 0 radical (unpaired) electrons. The van der Waals surface area contributed by atoms with Gasteiger partial charge in [0.2, 0.25) is 0 Å². The Labute approximate surface area is 109 Å². The van der Waals surface area contributed by atoms with E-state index in [1.165, 1.54) is 19.4 Å². The highest BCUT2D eigenvalue weighted by Gasteiger charge is 2.22. The largest absolute Gasteiger partial charge is 0.313 e. The molecule has 0 aromatic carbocycles. The number of hydrogen-bond donors (Lipinski definition) is 1. The topological polar surface area (TPSA) is 15.3 Å². The molecule has 3 heteroatoms. The molecule has 1 unspecified atom stereocenters. The molecule has 17 heavy (non-hydrogen) atoms. The van der Waals surface area contributed by atoms with Gasteiger partial charge in [-0.25, -0.2) is 0 Å². The Morgan fingerprint density at radius 3 is 3.00 bits per heavy atom. The Balaban J connectivity index is 1.93. The fourth-order valence-corrected chi connectivity index (χ4v) is 3.38. The third-order valence-electron chi connectivity index (χ3n) is 3.59. The normalized spacial score (nSPS) is 18.4. The summed E-state index contributed by atoms with van der Waals surface area (Å²) in [6.45, 7) is 10.2. The second kappa shape index (κ2) is 5.98. The van der Waals surface area contributed by atoms with E-state index >= 15 is 0 Å². The second-order valence-electron chi connectivity index (χ2n) is 5.21. The van der Waals surface area contributed by atoms with Crippen LogP contribution in [0.4, 0.5) is 0 Å². The van der Waals surface area contributed by atoms with Crippen LogP contribution < -0.4 is 5.32 Å². The monoisotopic (exact) mass is 252 g/mol. The molecule has 0 bridgehead atoms. The van der Waals surface area contributed by atoms with Crippen LogP contribution >= 0.6 is 11.3 Å². The molecule has 2 rings (SSSR count). The summed E-state index contributed by atoms with van der Waals surface area (Å²) in [4.78, 5) is 4.25. The Bertz CT molecular complexity index is 346. The Kier molecular flexibility index (Phi) is 4.60. The molecule has 1 aromatic heterocycles. The quantitative estimate of drug-likeness (QED) is 0.867. The number of thiophene rings is 1. The number of rotatable bonds is 5. The molecular formula is C14H24N2S. The zero-order valence-corrected chi connectivity index (χ0v) is 12.0. The average molecular weight is 252 g/mol. The first-order chi connectivity index (χ1) is 8.20. The van der Waals surface area contributed by atoms with Crippen molar-refractivity contribution in [3.05, 3.63) is 21.9 Å². The summed E-state index contributed by atoms with van der Waals surface area (Å²) in [5.41, 5.74) is 1.56. The van der Waals surface area contributed by atoms with Gasteiger partial charge in [0, 0.05) is 36.6 Å². The summed E-state index contributed by atoms with van der Waals surface area (Å²) in [5.74, 6) is 0. The van der Waals surface area contributed by atoms with Crippen molar-refractivity contribution < 1.29 is 0 Å². The van der Waals surface area contributed by atoms with E-state index in [0.29, 0.717) is 12.1 Å². The Hall–Kier alpha value is -0.380. The minimum atomic E-state index is 0.588. The van der Waals surface area contributed by atoms with Crippen molar-refractivity contribution in [1.82, 2.24) is 10.2 Å². The Morgan fingerprint density at radius 2 is 2.29 bits per heavy atom. The summed E-state index contributed by atoms with van der Waals surface area (Å²) >= 11 is 1.92. The van der Waals surface area contributed by atoms with Crippen LogP contribution in [0, 0.1) is 0 Å². The maximum atomic E-state index is 3.57. The van der Waals surface area contributed by atoms with Crippen molar-refractivity contribution in [1.29, 1.82) is 0 Å². The zero-order chi connectivity index (χ0) is 12.3. The molecule has 96 valence electrons. The number of nitrogens with zero attached hydrogens (tertiary/aromatic N) is 1. The standard InChI is InChI=1S/C14H24N2S/c1-4-13(9-15-11(2)3)16-7-5-14-12(10-16)6-8-17-14/h6,8,11,13,15H,4-5,7,9-10H2,1-3H3. The molecule has 0 amide bonds. The lowest BCUT2D eigenvalue weighted by Crippen LogP contribution is -2.45. The van der Waals surface area contributed by atoms with Crippen molar-refractivity contribution in [2.24, 2.45) is 0 Å². The second-order valence-corrected chi connectivity index (χ2v) is 6.22. The first kappa shape index (κ1) is 13.1. The van der Waals surface area contributed by atoms with Gasteiger partial charge in [-0.15, -0.1) is 11.3 Å². The number of hydrogen-bond acceptors (Lipinski definition) is 3. The van der Waals surface area contributed by atoms with Crippen LogP contribution in [0.3, 0.4) is 0 Å². The van der Waals surface area contributed by atoms with Crippen LogP contribution in [0.15, 0.2) is 11.4 Å². The van der Waals surface area contributed by atoms with Crippen molar-refractivity contribution in [3.8, 4) is 0 Å². The molecule has 0 aliphatic carbocycles. The smallest absolute Gasteiger partial charge is 0.0248 e. The molecule has 1 N–H and O–H groups in total. The lowest BCUT2D eigenvalue weighted by Gasteiger charge is -2.34. The van der Waals surface area contributed by atoms with E-state index in [0.717, 1.165) is 13.1 Å². The van der Waals surface area contributed by atoms with Gasteiger partial charge in [0.15, 0.2) is 0 Å². The van der Waals surface area contributed by atoms with Crippen molar-refractivity contribution in [2.45, 2.75) is 52.2 Å². The van der Waals surface area contributed by atoms with E-state index in [1.54, 1.807) is 10.4 Å². The van der Waals surface area contributed by atoms with Crippen molar-refractivity contribution in [2.75, 3.05) is 13.1 Å². The average Bonchev–Trinajstić information content (AvgIpc) is 2.76. The first-order valence-electron chi connectivity index (χ1n) is 6.73. The molecule has 1 atom stereocenters. The third kappa shape index (κ3) is 3.30. The molecule has 1 aliphatic heterocycles. The van der Waals surface area contributed by atoms with E-state index in [2.05, 4.69) is 42.4 Å². The van der Waals surface area contributed by atoms with Crippen molar-refractivity contribution >= 4 is 11.3 Å². The maximum Gasteiger partial charge on any atom is 0.0248 e. The van der Waals surface area contributed by atoms with Gasteiger partial charge in [0.1, 0.15) is 0 Å². The van der Waals surface area contributed by atoms with E-state index in [-0.39, 0.29) is 0 Å². The van der Waals surface area contributed by atoms with Gasteiger partial charge < -0.3 is 5.32 Å². The molecule has 0 saturated heterocycles. The van der Waals surface area contributed by atoms with Crippen LogP contribution in [0.2, 0.25) is 0 Å². The minimum absolute atomic E-state index is 0.588. The summed E-state index contributed by atoms with van der Waals surface area (Å²) in [5, 5.41) is 5.81. The van der Waals surface area contributed by atoms with E-state index in [4.69, 9.17) is 0 Å². The highest BCUT2D eigenvalue weighted by Crippen LogP contribution is 2.25. The van der Waals surface area contributed by atoms with Gasteiger partial charge in [-0.3, -0.25) is 4.90 Å². The van der Waals surface area contributed by atoms with E-state index in [1.807, 2.05) is 11.3 Å².